The maximum atomic E-state index is 11.7. The van der Waals surface area contributed by atoms with Crippen molar-refractivity contribution in [1.82, 2.24) is 0 Å². The molecule has 21 heavy (non-hydrogen) atoms. The zero-order valence-corrected chi connectivity index (χ0v) is 14.9. The quantitative estimate of drug-likeness (QED) is 0.677. The lowest BCUT2D eigenvalue weighted by molar-refractivity contribution is -0.115. The van der Waals surface area contributed by atoms with Gasteiger partial charge < -0.3 is 0 Å². The van der Waals surface area contributed by atoms with E-state index in [1.807, 2.05) is 36.4 Å². The van der Waals surface area contributed by atoms with Crippen molar-refractivity contribution < 1.29 is 4.79 Å². The minimum Gasteiger partial charge on any atom is -0.272 e. The molecule has 2 nitrogen and oxygen atoms in total. The molecule has 0 saturated heterocycles. The minimum atomic E-state index is -0.0636. The van der Waals surface area contributed by atoms with E-state index in [0.29, 0.717) is 5.75 Å². The predicted octanol–water partition coefficient (Wildman–Crippen LogP) is 5.02. The van der Waals surface area contributed by atoms with E-state index in [-0.39, 0.29) is 11.2 Å². The molecule has 3 rings (SSSR count). The van der Waals surface area contributed by atoms with Crippen LogP contribution in [0.15, 0.2) is 62.5 Å². The second-order valence-electron chi connectivity index (χ2n) is 4.64. The van der Waals surface area contributed by atoms with Crippen LogP contribution in [-0.4, -0.2) is 17.4 Å². The molecule has 2 aromatic carbocycles. The van der Waals surface area contributed by atoms with E-state index < -0.39 is 0 Å². The van der Waals surface area contributed by atoms with Crippen LogP contribution in [-0.2, 0) is 4.79 Å². The second-order valence-corrected chi connectivity index (χ2v) is 7.57. The zero-order valence-electron chi connectivity index (χ0n) is 10.9. The number of hydrogen-bond acceptors (Lipinski definition) is 2. The molecule has 1 amide bonds. The number of carbonyl (C=O) groups excluding carboxylic acids is 1. The molecule has 0 bridgehead atoms. The summed E-state index contributed by atoms with van der Waals surface area (Å²) in [5.74, 6) is 0.368. The molecule has 0 saturated carbocycles. The van der Waals surface area contributed by atoms with Gasteiger partial charge in [-0.05, 0) is 35.4 Å². The van der Waals surface area contributed by atoms with E-state index >= 15 is 0 Å². The molecule has 1 aliphatic heterocycles. The molecular weight excluding hydrogens is 414 g/mol. The van der Waals surface area contributed by atoms with Gasteiger partial charge in [-0.2, -0.15) is 0 Å². The van der Waals surface area contributed by atoms with Crippen LogP contribution in [0.1, 0.15) is 16.4 Å². The Morgan fingerprint density at radius 1 is 0.952 bits per heavy atom. The number of hydrogen-bond donors (Lipinski definition) is 0. The maximum absolute atomic E-state index is 11.7. The molecule has 106 valence electrons. The summed E-state index contributed by atoms with van der Waals surface area (Å²) in [4.78, 5) is 16.0. The van der Waals surface area contributed by atoms with Crippen molar-refractivity contribution in [1.29, 1.82) is 0 Å². The topological polar surface area (TPSA) is 29.4 Å². The van der Waals surface area contributed by atoms with Gasteiger partial charge >= 0.3 is 0 Å². The first-order chi connectivity index (χ1) is 10.1. The summed E-state index contributed by atoms with van der Waals surface area (Å²) < 4.78 is 2.06. The molecule has 1 aliphatic rings. The summed E-state index contributed by atoms with van der Waals surface area (Å²) in [5.41, 5.74) is 3.00. The average molecular weight is 425 g/mol. The summed E-state index contributed by atoms with van der Waals surface area (Å²) in [5, 5.41) is 0.0944. The first-order valence-electron chi connectivity index (χ1n) is 6.38. The number of rotatable bonds is 2. The number of aliphatic imine (C=N–C) groups is 1. The second kappa shape index (κ2) is 6.46. The van der Waals surface area contributed by atoms with E-state index in [0.717, 1.165) is 25.8 Å². The van der Waals surface area contributed by atoms with Gasteiger partial charge in [-0.1, -0.05) is 56.1 Å². The lowest BCUT2D eigenvalue weighted by Crippen LogP contribution is -2.20. The third kappa shape index (κ3) is 3.47. The Hall–Kier alpha value is -0.910. The first kappa shape index (κ1) is 15.0. The lowest BCUT2D eigenvalue weighted by atomic mass is 10.0. The van der Waals surface area contributed by atoms with Crippen LogP contribution >= 0.6 is 43.6 Å². The lowest BCUT2D eigenvalue weighted by Gasteiger charge is -2.23. The molecule has 0 aliphatic carbocycles. The van der Waals surface area contributed by atoms with Crippen molar-refractivity contribution >= 4 is 55.2 Å². The van der Waals surface area contributed by atoms with Crippen molar-refractivity contribution in [3.63, 3.8) is 0 Å². The monoisotopic (exact) mass is 423 g/mol. The van der Waals surface area contributed by atoms with Gasteiger partial charge in [-0.3, -0.25) is 4.79 Å². The summed E-state index contributed by atoms with van der Waals surface area (Å²) in [7, 11) is 0. The van der Waals surface area contributed by atoms with Crippen LogP contribution in [0.5, 0.6) is 0 Å². The van der Waals surface area contributed by atoms with Crippen molar-refractivity contribution in [2.45, 2.75) is 5.25 Å². The predicted molar refractivity (Wildman–Crippen MR) is 95.0 cm³/mol. The van der Waals surface area contributed by atoms with Gasteiger partial charge in [0.25, 0.3) is 5.91 Å². The summed E-state index contributed by atoms with van der Waals surface area (Å²) >= 11 is 8.51. The summed E-state index contributed by atoms with van der Waals surface area (Å²) in [6.45, 7) is 0. The molecule has 0 fully saturated rings. The Kier molecular flexibility index (Phi) is 4.62. The Morgan fingerprint density at radius 2 is 1.52 bits per heavy atom. The van der Waals surface area contributed by atoms with Crippen LogP contribution in [0.2, 0.25) is 0 Å². The fourth-order valence-corrected chi connectivity index (χ4v) is 3.79. The largest absolute Gasteiger partial charge is 0.272 e. The molecule has 5 heteroatoms. The minimum absolute atomic E-state index is 0.0636. The number of nitrogens with zero attached hydrogens (tertiary/aromatic N) is 1. The molecular formula is C16H11Br2NOS. The van der Waals surface area contributed by atoms with E-state index in [1.165, 1.54) is 0 Å². The van der Waals surface area contributed by atoms with Crippen molar-refractivity contribution in [3.8, 4) is 0 Å². The van der Waals surface area contributed by atoms with Gasteiger partial charge in [0.1, 0.15) is 0 Å². The fourth-order valence-electron chi connectivity index (χ4n) is 2.19. The van der Waals surface area contributed by atoms with Crippen LogP contribution in [0, 0.1) is 0 Å². The van der Waals surface area contributed by atoms with E-state index in [2.05, 4.69) is 49.0 Å². The van der Waals surface area contributed by atoms with Gasteiger partial charge in [-0.25, -0.2) is 4.99 Å². The number of benzene rings is 2. The van der Waals surface area contributed by atoms with Gasteiger partial charge in [0.05, 0.1) is 16.7 Å². The molecule has 1 heterocycles. The van der Waals surface area contributed by atoms with Crippen LogP contribution in [0.25, 0.3) is 0 Å². The van der Waals surface area contributed by atoms with E-state index in [4.69, 9.17) is 0 Å². The number of carbonyl (C=O) groups is 1. The summed E-state index contributed by atoms with van der Waals surface area (Å²) in [6, 6.07) is 16.1. The summed E-state index contributed by atoms with van der Waals surface area (Å²) in [6.07, 6.45) is 0. The third-order valence-corrected chi connectivity index (χ3v) is 5.48. The smallest absolute Gasteiger partial charge is 0.255 e. The van der Waals surface area contributed by atoms with Gasteiger partial charge in [0.15, 0.2) is 0 Å². The Labute approximate surface area is 144 Å². The van der Waals surface area contributed by atoms with Crippen LogP contribution < -0.4 is 0 Å². The highest BCUT2D eigenvalue weighted by Crippen LogP contribution is 2.36. The highest BCUT2D eigenvalue weighted by atomic mass is 79.9. The zero-order chi connectivity index (χ0) is 14.8. The molecule has 0 spiro atoms. The average Bonchev–Trinajstić information content (AvgIpc) is 2.49. The van der Waals surface area contributed by atoms with Crippen LogP contribution in [0.4, 0.5) is 0 Å². The Balaban J connectivity index is 2.02. The van der Waals surface area contributed by atoms with Gasteiger partial charge in [0, 0.05) is 8.95 Å². The first-order valence-corrected chi connectivity index (χ1v) is 9.01. The molecule has 0 unspecified atom stereocenters. The number of amides is 1. The van der Waals surface area contributed by atoms with Crippen molar-refractivity contribution in [2.24, 2.45) is 4.99 Å². The standard InChI is InChI=1S/C16H11Br2NOS/c17-12-5-1-10(2-6-12)15-16(21-9-14(20)19-15)11-3-7-13(18)8-4-11/h1-8,16H,9H2/t16-/m1/s1. The highest BCUT2D eigenvalue weighted by molar-refractivity contribution is 9.10. The SMILES string of the molecule is O=C1CS[C@H](c2ccc(Br)cc2)C(c2ccc(Br)cc2)=N1. The third-order valence-electron chi connectivity index (χ3n) is 3.18. The van der Waals surface area contributed by atoms with Crippen molar-refractivity contribution in [2.75, 3.05) is 5.75 Å². The maximum Gasteiger partial charge on any atom is 0.255 e. The molecule has 2 aromatic rings. The van der Waals surface area contributed by atoms with E-state index in [1.54, 1.807) is 11.8 Å². The molecule has 0 N–H and O–H groups in total. The molecule has 1 atom stereocenters. The fraction of sp³-hybridized carbons (Fsp3) is 0.125. The number of halogens is 2. The Bertz CT molecular complexity index is 695. The molecule has 0 radical (unpaired) electrons. The Morgan fingerprint density at radius 3 is 2.14 bits per heavy atom. The van der Waals surface area contributed by atoms with Crippen molar-refractivity contribution in [3.05, 3.63) is 68.6 Å². The normalized spacial score (nSPS) is 18.5. The van der Waals surface area contributed by atoms with Gasteiger partial charge in [0.2, 0.25) is 0 Å². The molecule has 0 aromatic heterocycles. The van der Waals surface area contributed by atoms with Crippen LogP contribution in [0.3, 0.4) is 0 Å². The van der Waals surface area contributed by atoms with E-state index in [9.17, 15) is 4.79 Å². The number of thioether (sulfide) groups is 1. The highest BCUT2D eigenvalue weighted by Gasteiger charge is 2.26. The van der Waals surface area contributed by atoms with Gasteiger partial charge in [-0.15, -0.1) is 11.8 Å².